The molecule has 0 aliphatic heterocycles. The monoisotopic (exact) mass is 215 g/mol. The number of rotatable bonds is 5. The number of nitrogens with zero attached hydrogens (tertiary/aromatic N) is 2. The third-order valence-electron chi connectivity index (χ3n) is 2.08. The molecule has 5 heteroatoms. The number of pyridine rings is 1. The van der Waals surface area contributed by atoms with Gasteiger partial charge in [0.1, 0.15) is 0 Å². The summed E-state index contributed by atoms with van der Waals surface area (Å²) in [6.45, 7) is 0.369. The standard InChI is InChI=1S/C10H15F2N3/c1-13-5-8-3-4-14-6-9(8)15(2)7-10(11)12/h3-4,6,10,13H,5,7H2,1-2H3. The predicted octanol–water partition coefficient (Wildman–Crippen LogP) is 1.50. The van der Waals surface area contributed by atoms with E-state index in [0.29, 0.717) is 6.54 Å². The lowest BCUT2D eigenvalue weighted by atomic mass is 10.2. The summed E-state index contributed by atoms with van der Waals surface area (Å²) in [4.78, 5) is 5.46. The van der Waals surface area contributed by atoms with Gasteiger partial charge in [-0.3, -0.25) is 4.98 Å². The van der Waals surface area contributed by atoms with Gasteiger partial charge in [-0.15, -0.1) is 0 Å². The zero-order valence-electron chi connectivity index (χ0n) is 8.87. The Kier molecular flexibility index (Phi) is 4.42. The summed E-state index contributed by atoms with van der Waals surface area (Å²) in [5, 5.41) is 2.99. The molecule has 0 bridgehead atoms. The van der Waals surface area contributed by atoms with Crippen molar-refractivity contribution in [1.82, 2.24) is 10.3 Å². The van der Waals surface area contributed by atoms with E-state index < -0.39 is 6.43 Å². The number of anilines is 1. The Hall–Kier alpha value is -1.23. The zero-order chi connectivity index (χ0) is 11.3. The van der Waals surface area contributed by atoms with Crippen molar-refractivity contribution in [2.24, 2.45) is 0 Å². The van der Waals surface area contributed by atoms with Gasteiger partial charge >= 0.3 is 0 Å². The largest absolute Gasteiger partial charge is 0.367 e. The van der Waals surface area contributed by atoms with Gasteiger partial charge in [0.25, 0.3) is 6.43 Å². The van der Waals surface area contributed by atoms with E-state index in [1.807, 2.05) is 13.1 Å². The molecule has 1 aromatic heterocycles. The third-order valence-corrected chi connectivity index (χ3v) is 2.08. The first kappa shape index (κ1) is 11.8. The highest BCUT2D eigenvalue weighted by Gasteiger charge is 2.11. The minimum absolute atomic E-state index is 0.275. The lowest BCUT2D eigenvalue weighted by Gasteiger charge is -2.21. The first-order valence-electron chi connectivity index (χ1n) is 4.72. The van der Waals surface area contributed by atoms with Crippen LogP contribution in [0.3, 0.4) is 0 Å². The van der Waals surface area contributed by atoms with Crippen molar-refractivity contribution in [3.8, 4) is 0 Å². The highest BCUT2D eigenvalue weighted by molar-refractivity contribution is 5.50. The van der Waals surface area contributed by atoms with Gasteiger partial charge in [0.15, 0.2) is 0 Å². The van der Waals surface area contributed by atoms with Crippen LogP contribution in [-0.4, -0.2) is 32.0 Å². The van der Waals surface area contributed by atoms with Gasteiger partial charge < -0.3 is 10.2 Å². The van der Waals surface area contributed by atoms with E-state index in [4.69, 9.17) is 0 Å². The Labute approximate surface area is 88.1 Å². The van der Waals surface area contributed by atoms with E-state index in [-0.39, 0.29) is 6.54 Å². The first-order valence-corrected chi connectivity index (χ1v) is 4.72. The molecule has 0 unspecified atom stereocenters. The molecule has 1 aromatic rings. The number of alkyl halides is 2. The molecule has 0 atom stereocenters. The molecule has 1 N–H and O–H groups in total. The van der Waals surface area contributed by atoms with E-state index in [0.717, 1.165) is 11.3 Å². The van der Waals surface area contributed by atoms with Crippen LogP contribution in [0.1, 0.15) is 5.56 Å². The number of hydrogen-bond acceptors (Lipinski definition) is 3. The summed E-state index contributed by atoms with van der Waals surface area (Å²) < 4.78 is 24.4. The molecule has 3 nitrogen and oxygen atoms in total. The van der Waals surface area contributed by atoms with E-state index in [9.17, 15) is 8.78 Å². The van der Waals surface area contributed by atoms with Crippen LogP contribution in [0.25, 0.3) is 0 Å². The fourth-order valence-electron chi connectivity index (χ4n) is 1.40. The molecular formula is C10H15F2N3. The Bertz CT molecular complexity index is 304. The smallest absolute Gasteiger partial charge is 0.255 e. The average Bonchev–Trinajstić information content (AvgIpc) is 2.18. The minimum atomic E-state index is -2.34. The number of hydrogen-bond donors (Lipinski definition) is 1. The molecule has 15 heavy (non-hydrogen) atoms. The summed E-state index contributed by atoms with van der Waals surface area (Å²) >= 11 is 0. The maximum atomic E-state index is 12.2. The van der Waals surface area contributed by atoms with Gasteiger partial charge in [0, 0.05) is 19.8 Å². The molecule has 0 amide bonds. The quantitative estimate of drug-likeness (QED) is 0.806. The molecule has 0 saturated heterocycles. The number of aromatic nitrogens is 1. The normalized spacial score (nSPS) is 10.7. The third kappa shape index (κ3) is 3.43. The molecule has 84 valence electrons. The molecule has 0 fully saturated rings. The lowest BCUT2D eigenvalue weighted by Crippen LogP contribution is -2.25. The van der Waals surface area contributed by atoms with Gasteiger partial charge in [-0.05, 0) is 18.7 Å². The van der Waals surface area contributed by atoms with Gasteiger partial charge in [-0.2, -0.15) is 0 Å². The van der Waals surface area contributed by atoms with Crippen LogP contribution in [0, 0.1) is 0 Å². The topological polar surface area (TPSA) is 28.2 Å². The van der Waals surface area contributed by atoms with E-state index >= 15 is 0 Å². The van der Waals surface area contributed by atoms with Crippen LogP contribution < -0.4 is 10.2 Å². The molecule has 0 spiro atoms. The lowest BCUT2D eigenvalue weighted by molar-refractivity contribution is 0.156. The molecule has 1 heterocycles. The van der Waals surface area contributed by atoms with E-state index in [2.05, 4.69) is 10.3 Å². The van der Waals surface area contributed by atoms with Crippen molar-refractivity contribution in [1.29, 1.82) is 0 Å². The van der Waals surface area contributed by atoms with Crippen LogP contribution in [0.5, 0.6) is 0 Å². The maximum Gasteiger partial charge on any atom is 0.255 e. The summed E-state index contributed by atoms with van der Waals surface area (Å²) in [5.41, 5.74) is 1.71. The molecule has 0 aromatic carbocycles. The van der Waals surface area contributed by atoms with Crippen LogP contribution in [0.2, 0.25) is 0 Å². The summed E-state index contributed by atoms with van der Waals surface area (Å²) in [6, 6.07) is 1.83. The molecule has 0 aliphatic carbocycles. The van der Waals surface area contributed by atoms with Crippen molar-refractivity contribution < 1.29 is 8.78 Å². The zero-order valence-corrected chi connectivity index (χ0v) is 8.87. The second-order valence-corrected chi connectivity index (χ2v) is 3.31. The second kappa shape index (κ2) is 5.60. The van der Waals surface area contributed by atoms with E-state index in [1.54, 1.807) is 19.4 Å². The fraction of sp³-hybridized carbons (Fsp3) is 0.500. The SMILES string of the molecule is CNCc1ccncc1N(C)CC(F)F. The van der Waals surface area contributed by atoms with Gasteiger partial charge in [-0.1, -0.05) is 0 Å². The molecule has 1 rings (SSSR count). The minimum Gasteiger partial charge on any atom is -0.367 e. The van der Waals surface area contributed by atoms with Gasteiger partial charge in [0.2, 0.25) is 0 Å². The van der Waals surface area contributed by atoms with Crippen LogP contribution in [0.15, 0.2) is 18.5 Å². The van der Waals surface area contributed by atoms with Crippen molar-refractivity contribution in [3.05, 3.63) is 24.0 Å². The Balaban J connectivity index is 2.81. The van der Waals surface area contributed by atoms with Crippen molar-refractivity contribution in [3.63, 3.8) is 0 Å². The molecule has 0 saturated carbocycles. The van der Waals surface area contributed by atoms with Gasteiger partial charge in [0.05, 0.1) is 18.4 Å². The van der Waals surface area contributed by atoms with Gasteiger partial charge in [-0.25, -0.2) is 8.78 Å². The van der Waals surface area contributed by atoms with Crippen LogP contribution >= 0.6 is 0 Å². The summed E-state index contributed by atoms with van der Waals surface area (Å²) in [5.74, 6) is 0. The summed E-state index contributed by atoms with van der Waals surface area (Å²) in [7, 11) is 3.46. The second-order valence-electron chi connectivity index (χ2n) is 3.31. The average molecular weight is 215 g/mol. The highest BCUT2D eigenvalue weighted by atomic mass is 19.3. The number of nitrogens with one attached hydrogen (secondary N) is 1. The molecule has 0 aliphatic rings. The Morgan fingerprint density at radius 1 is 1.53 bits per heavy atom. The Morgan fingerprint density at radius 3 is 2.87 bits per heavy atom. The highest BCUT2D eigenvalue weighted by Crippen LogP contribution is 2.18. The molecular weight excluding hydrogens is 200 g/mol. The van der Waals surface area contributed by atoms with Crippen molar-refractivity contribution >= 4 is 5.69 Å². The Morgan fingerprint density at radius 2 is 2.27 bits per heavy atom. The first-order chi connectivity index (χ1) is 7.15. The fourth-order valence-corrected chi connectivity index (χ4v) is 1.40. The van der Waals surface area contributed by atoms with Crippen LogP contribution in [-0.2, 0) is 6.54 Å². The number of halogens is 2. The predicted molar refractivity (Wildman–Crippen MR) is 56.3 cm³/mol. The van der Waals surface area contributed by atoms with E-state index in [1.165, 1.54) is 4.90 Å². The maximum absolute atomic E-state index is 12.2. The summed E-state index contributed by atoms with van der Waals surface area (Å²) in [6.07, 6.45) is 0.930. The van der Waals surface area contributed by atoms with Crippen molar-refractivity contribution in [2.75, 3.05) is 25.5 Å². The molecule has 0 radical (unpaired) electrons. The van der Waals surface area contributed by atoms with Crippen LogP contribution in [0.4, 0.5) is 14.5 Å². The van der Waals surface area contributed by atoms with Crippen molar-refractivity contribution in [2.45, 2.75) is 13.0 Å².